The summed E-state index contributed by atoms with van der Waals surface area (Å²) in [6.07, 6.45) is 0. The van der Waals surface area contributed by atoms with E-state index in [2.05, 4.69) is 48.5 Å². The van der Waals surface area contributed by atoms with Crippen LogP contribution < -0.4 is 11.5 Å². The third kappa shape index (κ3) is 3.55. The third-order valence-corrected chi connectivity index (χ3v) is 4.75. The normalized spacial score (nSPS) is 12.8. The summed E-state index contributed by atoms with van der Waals surface area (Å²) in [6, 6.07) is 28.6. The molecule has 0 spiro atoms. The largest absolute Gasteiger partial charge is 0.322 e. The van der Waals surface area contributed by atoms with Gasteiger partial charge in [0.1, 0.15) is 0 Å². The van der Waals surface area contributed by atoms with Crippen molar-refractivity contribution >= 4 is 46.4 Å². The van der Waals surface area contributed by atoms with Crippen molar-refractivity contribution in [1.82, 2.24) is 0 Å². The second kappa shape index (κ2) is 8.52. The van der Waals surface area contributed by atoms with Crippen molar-refractivity contribution in [2.24, 2.45) is 11.5 Å². The van der Waals surface area contributed by atoms with Crippen LogP contribution in [0.1, 0.15) is 23.2 Å². The highest BCUT2D eigenvalue weighted by Gasteiger charge is 2.20. The molecule has 4 aromatic rings. The number of benzene rings is 4. The lowest BCUT2D eigenvalue weighted by molar-refractivity contribution is 0.581. The summed E-state index contributed by atoms with van der Waals surface area (Å²) in [4.78, 5) is 0. The van der Waals surface area contributed by atoms with Gasteiger partial charge >= 0.3 is 0 Å². The summed E-state index contributed by atoms with van der Waals surface area (Å²) in [7, 11) is 0. The number of fused-ring (bicyclic) bond motifs is 2. The zero-order valence-corrected chi connectivity index (χ0v) is 15.8. The Labute approximate surface area is 166 Å². The van der Waals surface area contributed by atoms with Crippen LogP contribution in [0.3, 0.4) is 0 Å². The van der Waals surface area contributed by atoms with Gasteiger partial charge in [0.2, 0.25) is 0 Å². The molecular formula is C22H22Cl2N2. The predicted molar refractivity (Wildman–Crippen MR) is 116 cm³/mol. The van der Waals surface area contributed by atoms with Gasteiger partial charge in [0.15, 0.2) is 0 Å². The van der Waals surface area contributed by atoms with Crippen molar-refractivity contribution in [3.05, 3.63) is 96.1 Å². The molecule has 4 rings (SSSR count). The van der Waals surface area contributed by atoms with Crippen molar-refractivity contribution in [1.29, 1.82) is 0 Å². The average molecular weight is 385 g/mol. The lowest BCUT2D eigenvalue weighted by Gasteiger charge is -2.23. The standard InChI is InChI=1S/C22H20N2.2ClH/c23-21(19-13-5-9-15-7-1-3-11-17(15)19)22(24)20-14-6-10-16-8-2-4-12-18(16)20;;/h1-14,21-22H,23-24H2;2*1H. The van der Waals surface area contributed by atoms with E-state index in [0.717, 1.165) is 11.1 Å². The molecule has 0 saturated carbocycles. The van der Waals surface area contributed by atoms with Gasteiger partial charge in [-0.15, -0.1) is 24.8 Å². The molecule has 134 valence electrons. The number of hydrogen-bond acceptors (Lipinski definition) is 2. The minimum atomic E-state index is -0.262. The van der Waals surface area contributed by atoms with Crippen LogP contribution >= 0.6 is 24.8 Å². The molecule has 0 heterocycles. The van der Waals surface area contributed by atoms with E-state index in [9.17, 15) is 0 Å². The van der Waals surface area contributed by atoms with Crippen molar-refractivity contribution in [3.8, 4) is 0 Å². The van der Waals surface area contributed by atoms with E-state index in [4.69, 9.17) is 11.5 Å². The smallest absolute Gasteiger partial charge is 0.0497 e. The van der Waals surface area contributed by atoms with Crippen LogP contribution in [0.25, 0.3) is 21.5 Å². The first-order chi connectivity index (χ1) is 11.8. The number of hydrogen-bond donors (Lipinski definition) is 2. The molecule has 2 unspecified atom stereocenters. The van der Waals surface area contributed by atoms with E-state index < -0.39 is 0 Å². The van der Waals surface area contributed by atoms with E-state index >= 15 is 0 Å². The van der Waals surface area contributed by atoms with Gasteiger partial charge in [-0.2, -0.15) is 0 Å². The Morgan fingerprint density at radius 3 is 1.23 bits per heavy atom. The molecule has 0 aliphatic rings. The highest BCUT2D eigenvalue weighted by molar-refractivity contribution is 5.88. The molecule has 0 bridgehead atoms. The second-order valence-corrected chi connectivity index (χ2v) is 6.19. The molecule has 0 fully saturated rings. The summed E-state index contributed by atoms with van der Waals surface area (Å²) in [6.45, 7) is 0. The van der Waals surface area contributed by atoms with Crippen LogP contribution in [0, 0.1) is 0 Å². The zero-order chi connectivity index (χ0) is 16.5. The van der Waals surface area contributed by atoms with Crippen LogP contribution in [0.5, 0.6) is 0 Å². The van der Waals surface area contributed by atoms with Crippen molar-refractivity contribution < 1.29 is 0 Å². The van der Waals surface area contributed by atoms with Crippen LogP contribution in [-0.2, 0) is 0 Å². The maximum Gasteiger partial charge on any atom is 0.0497 e. The molecule has 0 aliphatic carbocycles. The van der Waals surface area contributed by atoms with Crippen molar-refractivity contribution in [2.75, 3.05) is 0 Å². The summed E-state index contributed by atoms with van der Waals surface area (Å²) in [5.41, 5.74) is 15.4. The third-order valence-electron chi connectivity index (χ3n) is 4.75. The van der Waals surface area contributed by atoms with Gasteiger partial charge < -0.3 is 11.5 Å². The lowest BCUT2D eigenvalue weighted by atomic mass is 9.89. The van der Waals surface area contributed by atoms with Gasteiger partial charge in [-0.3, -0.25) is 0 Å². The lowest BCUT2D eigenvalue weighted by Crippen LogP contribution is -2.26. The highest BCUT2D eigenvalue weighted by Crippen LogP contribution is 2.33. The molecule has 0 saturated heterocycles. The van der Waals surface area contributed by atoms with Gasteiger partial charge in [0.25, 0.3) is 0 Å². The van der Waals surface area contributed by atoms with E-state index in [1.807, 2.05) is 36.4 Å². The van der Waals surface area contributed by atoms with Gasteiger partial charge in [-0.25, -0.2) is 0 Å². The minimum Gasteiger partial charge on any atom is -0.322 e. The van der Waals surface area contributed by atoms with Crippen molar-refractivity contribution in [2.45, 2.75) is 12.1 Å². The first kappa shape index (κ1) is 20.2. The van der Waals surface area contributed by atoms with Gasteiger partial charge in [0, 0.05) is 12.1 Å². The molecule has 26 heavy (non-hydrogen) atoms. The summed E-state index contributed by atoms with van der Waals surface area (Å²) >= 11 is 0. The maximum atomic E-state index is 6.60. The Hall–Kier alpha value is -2.10. The highest BCUT2D eigenvalue weighted by atomic mass is 35.5. The number of rotatable bonds is 3. The Balaban J connectivity index is 0.00000121. The molecule has 4 aromatic carbocycles. The topological polar surface area (TPSA) is 52.0 Å². The molecular weight excluding hydrogens is 363 g/mol. The van der Waals surface area contributed by atoms with Crippen LogP contribution in [0.15, 0.2) is 84.9 Å². The maximum absolute atomic E-state index is 6.60. The van der Waals surface area contributed by atoms with E-state index in [1.165, 1.54) is 21.5 Å². The Morgan fingerprint density at radius 2 is 0.808 bits per heavy atom. The monoisotopic (exact) mass is 384 g/mol. The molecule has 0 aromatic heterocycles. The summed E-state index contributed by atoms with van der Waals surface area (Å²) in [5, 5.41) is 4.72. The molecule has 0 aliphatic heterocycles. The van der Waals surface area contributed by atoms with Gasteiger partial charge in [-0.05, 0) is 32.7 Å². The predicted octanol–water partition coefficient (Wildman–Crippen LogP) is 5.54. The zero-order valence-electron chi connectivity index (χ0n) is 14.2. The molecule has 2 atom stereocenters. The fourth-order valence-corrected chi connectivity index (χ4v) is 3.47. The summed E-state index contributed by atoms with van der Waals surface area (Å²) in [5.74, 6) is 0. The second-order valence-electron chi connectivity index (χ2n) is 6.19. The van der Waals surface area contributed by atoms with E-state index in [0.29, 0.717) is 0 Å². The molecule has 0 radical (unpaired) electrons. The average Bonchev–Trinajstić information content (AvgIpc) is 2.66. The molecule has 4 N–H and O–H groups in total. The summed E-state index contributed by atoms with van der Waals surface area (Å²) < 4.78 is 0. The fourth-order valence-electron chi connectivity index (χ4n) is 3.47. The SMILES string of the molecule is Cl.Cl.NC(c1cccc2ccccc12)C(N)c1cccc2ccccc12. The van der Waals surface area contributed by atoms with Crippen LogP contribution in [-0.4, -0.2) is 0 Å². The molecule has 2 nitrogen and oxygen atoms in total. The first-order valence-corrected chi connectivity index (χ1v) is 8.22. The van der Waals surface area contributed by atoms with Crippen molar-refractivity contribution in [3.63, 3.8) is 0 Å². The fraction of sp³-hybridized carbons (Fsp3) is 0.0909. The first-order valence-electron chi connectivity index (χ1n) is 8.22. The van der Waals surface area contributed by atoms with E-state index in [-0.39, 0.29) is 36.9 Å². The Bertz CT molecular complexity index is 923. The number of halogens is 2. The van der Waals surface area contributed by atoms with Gasteiger partial charge in [0.05, 0.1) is 0 Å². The number of nitrogens with two attached hydrogens (primary N) is 2. The molecule has 0 amide bonds. The minimum absolute atomic E-state index is 0. The Kier molecular flexibility index (Phi) is 6.63. The van der Waals surface area contributed by atoms with Crippen LogP contribution in [0.2, 0.25) is 0 Å². The van der Waals surface area contributed by atoms with E-state index in [1.54, 1.807) is 0 Å². The molecule has 4 heteroatoms. The van der Waals surface area contributed by atoms with Crippen LogP contribution in [0.4, 0.5) is 0 Å². The Morgan fingerprint density at radius 1 is 0.462 bits per heavy atom. The quantitative estimate of drug-likeness (QED) is 0.487. The van der Waals surface area contributed by atoms with Gasteiger partial charge in [-0.1, -0.05) is 84.9 Å².